The second kappa shape index (κ2) is 4.10. The summed E-state index contributed by atoms with van der Waals surface area (Å²) in [4.78, 5) is 11.1. The van der Waals surface area contributed by atoms with E-state index in [0.29, 0.717) is 12.5 Å². The molecule has 72 valence electrons. The summed E-state index contributed by atoms with van der Waals surface area (Å²) in [5.41, 5.74) is 5.12. The SMILES string of the molecule is CCOC(=O)C1(N)C[C@@H]1CC.Cl. The Morgan fingerprint density at radius 1 is 1.67 bits per heavy atom. The zero-order valence-electron chi connectivity index (χ0n) is 7.50. The molecule has 1 saturated carbocycles. The molecule has 12 heavy (non-hydrogen) atoms. The number of halogens is 1. The summed E-state index contributed by atoms with van der Waals surface area (Å²) in [7, 11) is 0. The molecule has 0 aromatic heterocycles. The van der Waals surface area contributed by atoms with E-state index in [0.717, 1.165) is 12.8 Å². The molecular formula is C8H16ClNO2. The van der Waals surface area contributed by atoms with Gasteiger partial charge in [-0.15, -0.1) is 12.4 Å². The fourth-order valence-corrected chi connectivity index (χ4v) is 1.37. The third kappa shape index (κ3) is 1.90. The minimum absolute atomic E-state index is 0. The van der Waals surface area contributed by atoms with Crippen molar-refractivity contribution in [2.24, 2.45) is 11.7 Å². The Morgan fingerprint density at radius 3 is 2.58 bits per heavy atom. The summed E-state index contributed by atoms with van der Waals surface area (Å²) >= 11 is 0. The van der Waals surface area contributed by atoms with Gasteiger partial charge in [0.05, 0.1) is 6.61 Å². The fraction of sp³-hybridized carbons (Fsp3) is 0.875. The number of rotatable bonds is 3. The monoisotopic (exact) mass is 193 g/mol. The molecule has 1 aliphatic carbocycles. The topological polar surface area (TPSA) is 52.3 Å². The molecule has 1 rings (SSSR count). The van der Waals surface area contributed by atoms with Crippen LogP contribution in [0.4, 0.5) is 0 Å². The van der Waals surface area contributed by atoms with Crippen molar-refractivity contribution in [3.8, 4) is 0 Å². The van der Waals surface area contributed by atoms with Crippen molar-refractivity contribution in [2.45, 2.75) is 32.2 Å². The molecule has 1 fully saturated rings. The van der Waals surface area contributed by atoms with E-state index in [1.54, 1.807) is 6.92 Å². The number of hydrogen-bond donors (Lipinski definition) is 1. The normalized spacial score (nSPS) is 32.1. The Bertz CT molecular complexity index is 174. The Kier molecular flexibility index (Phi) is 4.00. The molecule has 0 heterocycles. The lowest BCUT2D eigenvalue weighted by molar-refractivity contribution is -0.146. The summed E-state index contributed by atoms with van der Waals surface area (Å²) in [6.45, 7) is 4.26. The van der Waals surface area contributed by atoms with Crippen molar-refractivity contribution >= 4 is 18.4 Å². The highest BCUT2D eigenvalue weighted by atomic mass is 35.5. The molecule has 1 unspecified atom stereocenters. The lowest BCUT2D eigenvalue weighted by atomic mass is 10.2. The summed E-state index contributed by atoms with van der Waals surface area (Å²) < 4.78 is 4.84. The van der Waals surface area contributed by atoms with Gasteiger partial charge in [0, 0.05) is 0 Å². The maximum absolute atomic E-state index is 11.1. The van der Waals surface area contributed by atoms with E-state index in [9.17, 15) is 4.79 Å². The summed E-state index contributed by atoms with van der Waals surface area (Å²) in [6.07, 6.45) is 1.76. The number of carbonyl (C=O) groups excluding carboxylic acids is 1. The molecule has 2 atom stereocenters. The first-order chi connectivity index (χ1) is 5.15. The predicted octanol–water partition coefficient (Wildman–Crippen LogP) is 1.10. The van der Waals surface area contributed by atoms with Gasteiger partial charge in [0.15, 0.2) is 0 Å². The third-order valence-corrected chi connectivity index (χ3v) is 2.30. The Labute approximate surface area is 79.1 Å². The molecule has 4 heteroatoms. The lowest BCUT2D eigenvalue weighted by Crippen LogP contribution is -2.37. The number of hydrogen-bond acceptors (Lipinski definition) is 3. The van der Waals surface area contributed by atoms with E-state index < -0.39 is 5.54 Å². The van der Waals surface area contributed by atoms with Crippen LogP contribution >= 0.6 is 12.4 Å². The van der Waals surface area contributed by atoms with E-state index in [1.807, 2.05) is 6.92 Å². The molecule has 0 spiro atoms. The second-order valence-corrected chi connectivity index (χ2v) is 3.07. The average molecular weight is 194 g/mol. The van der Waals surface area contributed by atoms with E-state index in [4.69, 9.17) is 10.5 Å². The van der Waals surface area contributed by atoms with Crippen LogP contribution in [-0.4, -0.2) is 18.1 Å². The van der Waals surface area contributed by atoms with Crippen LogP contribution in [0.15, 0.2) is 0 Å². The summed E-state index contributed by atoms with van der Waals surface area (Å²) in [6, 6.07) is 0. The van der Waals surface area contributed by atoms with Gasteiger partial charge in [0.1, 0.15) is 5.54 Å². The maximum Gasteiger partial charge on any atom is 0.326 e. The van der Waals surface area contributed by atoms with Crippen LogP contribution < -0.4 is 5.73 Å². The number of carbonyl (C=O) groups is 1. The van der Waals surface area contributed by atoms with Crippen molar-refractivity contribution in [3.05, 3.63) is 0 Å². The largest absolute Gasteiger partial charge is 0.465 e. The summed E-state index contributed by atoms with van der Waals surface area (Å²) in [5, 5.41) is 0. The maximum atomic E-state index is 11.1. The molecule has 0 amide bonds. The Balaban J connectivity index is 0.00000121. The summed E-state index contributed by atoms with van der Waals surface area (Å²) in [5.74, 6) is 0.119. The van der Waals surface area contributed by atoms with E-state index >= 15 is 0 Å². The average Bonchev–Trinajstić information content (AvgIpc) is 2.64. The zero-order chi connectivity index (χ0) is 8.48. The van der Waals surface area contributed by atoms with Gasteiger partial charge in [0.2, 0.25) is 0 Å². The zero-order valence-corrected chi connectivity index (χ0v) is 8.32. The molecule has 0 aromatic carbocycles. The van der Waals surface area contributed by atoms with Crippen LogP contribution in [0.25, 0.3) is 0 Å². The predicted molar refractivity (Wildman–Crippen MR) is 49.2 cm³/mol. The van der Waals surface area contributed by atoms with E-state index in [2.05, 4.69) is 0 Å². The smallest absolute Gasteiger partial charge is 0.326 e. The van der Waals surface area contributed by atoms with Gasteiger partial charge < -0.3 is 10.5 Å². The molecule has 0 aromatic rings. The molecule has 0 radical (unpaired) electrons. The quantitative estimate of drug-likeness (QED) is 0.683. The Morgan fingerprint density at radius 2 is 2.25 bits per heavy atom. The van der Waals surface area contributed by atoms with Crippen molar-refractivity contribution in [2.75, 3.05) is 6.61 Å². The van der Waals surface area contributed by atoms with Crippen LogP contribution in [-0.2, 0) is 9.53 Å². The highest BCUT2D eigenvalue weighted by molar-refractivity contribution is 5.85. The standard InChI is InChI=1S/C8H15NO2.ClH/c1-3-6-5-8(6,9)7(10)11-4-2;/h6H,3-5,9H2,1-2H3;1H/t6-,8?;/m0./s1. The number of ether oxygens (including phenoxy) is 1. The van der Waals surface area contributed by atoms with Crippen LogP contribution in [0.2, 0.25) is 0 Å². The van der Waals surface area contributed by atoms with Gasteiger partial charge in [-0.1, -0.05) is 13.3 Å². The van der Waals surface area contributed by atoms with Crippen molar-refractivity contribution in [3.63, 3.8) is 0 Å². The third-order valence-electron chi connectivity index (χ3n) is 2.30. The van der Waals surface area contributed by atoms with E-state index in [-0.39, 0.29) is 18.4 Å². The number of nitrogens with two attached hydrogens (primary N) is 1. The highest BCUT2D eigenvalue weighted by Crippen LogP contribution is 2.44. The molecule has 0 aliphatic heterocycles. The van der Waals surface area contributed by atoms with Gasteiger partial charge in [-0.25, -0.2) is 0 Å². The number of esters is 1. The van der Waals surface area contributed by atoms with Crippen molar-refractivity contribution < 1.29 is 9.53 Å². The first-order valence-corrected chi connectivity index (χ1v) is 4.11. The van der Waals surface area contributed by atoms with Gasteiger partial charge in [-0.2, -0.15) is 0 Å². The Hall–Kier alpha value is -0.280. The van der Waals surface area contributed by atoms with Crippen LogP contribution in [0.1, 0.15) is 26.7 Å². The lowest BCUT2D eigenvalue weighted by Gasteiger charge is -2.08. The van der Waals surface area contributed by atoms with Crippen molar-refractivity contribution in [1.29, 1.82) is 0 Å². The van der Waals surface area contributed by atoms with Crippen LogP contribution in [0.3, 0.4) is 0 Å². The van der Waals surface area contributed by atoms with Crippen LogP contribution in [0.5, 0.6) is 0 Å². The molecule has 1 aliphatic rings. The molecular weight excluding hydrogens is 178 g/mol. The second-order valence-electron chi connectivity index (χ2n) is 3.07. The first-order valence-electron chi connectivity index (χ1n) is 4.11. The highest BCUT2D eigenvalue weighted by Gasteiger charge is 2.57. The first kappa shape index (κ1) is 11.7. The van der Waals surface area contributed by atoms with Gasteiger partial charge in [-0.3, -0.25) is 4.79 Å². The fourth-order valence-electron chi connectivity index (χ4n) is 1.37. The molecule has 3 nitrogen and oxygen atoms in total. The van der Waals surface area contributed by atoms with Gasteiger partial charge >= 0.3 is 5.97 Å². The van der Waals surface area contributed by atoms with Crippen LogP contribution in [0, 0.1) is 5.92 Å². The molecule has 0 saturated heterocycles. The molecule has 2 N–H and O–H groups in total. The van der Waals surface area contributed by atoms with Gasteiger partial charge in [-0.05, 0) is 19.3 Å². The molecule has 0 bridgehead atoms. The minimum Gasteiger partial charge on any atom is -0.465 e. The van der Waals surface area contributed by atoms with Crippen molar-refractivity contribution in [1.82, 2.24) is 0 Å². The van der Waals surface area contributed by atoms with E-state index in [1.165, 1.54) is 0 Å². The minimum atomic E-state index is -0.634. The van der Waals surface area contributed by atoms with Gasteiger partial charge in [0.25, 0.3) is 0 Å².